The van der Waals surface area contributed by atoms with E-state index in [1.54, 1.807) is 6.07 Å². The van der Waals surface area contributed by atoms with Crippen LogP contribution in [-0.4, -0.2) is 24.4 Å². The van der Waals surface area contributed by atoms with Crippen molar-refractivity contribution in [2.75, 3.05) is 18.0 Å². The van der Waals surface area contributed by atoms with E-state index in [0.717, 1.165) is 29.9 Å². The van der Waals surface area contributed by atoms with Crippen LogP contribution in [0.3, 0.4) is 0 Å². The van der Waals surface area contributed by atoms with E-state index >= 15 is 0 Å². The molecular formula is C28H25N3O2. The van der Waals surface area contributed by atoms with Crippen LogP contribution in [0.5, 0.6) is 5.75 Å². The van der Waals surface area contributed by atoms with Gasteiger partial charge < -0.3 is 14.4 Å². The molecule has 0 aliphatic heterocycles. The SMILES string of the molecule is CCN(CC)c1ccc(/C=N/c2oc(-c3ccccc3)c(-c3ccccc3)c2C#N)c(O)c1. The number of rotatable bonds is 7. The monoisotopic (exact) mass is 435 g/mol. The summed E-state index contributed by atoms with van der Waals surface area (Å²) in [6, 6.07) is 27.1. The van der Waals surface area contributed by atoms with Gasteiger partial charge in [-0.25, -0.2) is 4.99 Å². The number of benzene rings is 3. The van der Waals surface area contributed by atoms with E-state index < -0.39 is 0 Å². The summed E-state index contributed by atoms with van der Waals surface area (Å²) in [6.07, 6.45) is 1.53. The van der Waals surface area contributed by atoms with Crippen molar-refractivity contribution in [1.82, 2.24) is 0 Å². The van der Waals surface area contributed by atoms with Crippen LogP contribution in [0, 0.1) is 11.3 Å². The molecule has 5 heteroatoms. The number of aromatic hydroxyl groups is 1. The molecule has 5 nitrogen and oxygen atoms in total. The van der Waals surface area contributed by atoms with Gasteiger partial charge in [-0.3, -0.25) is 0 Å². The van der Waals surface area contributed by atoms with E-state index in [1.165, 1.54) is 6.21 Å². The lowest BCUT2D eigenvalue weighted by Crippen LogP contribution is -2.21. The predicted molar refractivity (Wildman–Crippen MR) is 133 cm³/mol. The summed E-state index contributed by atoms with van der Waals surface area (Å²) >= 11 is 0. The average molecular weight is 436 g/mol. The average Bonchev–Trinajstić information content (AvgIpc) is 3.24. The van der Waals surface area contributed by atoms with Gasteiger partial charge in [0.05, 0.1) is 0 Å². The second-order valence-corrected chi connectivity index (χ2v) is 7.50. The molecule has 164 valence electrons. The maximum Gasteiger partial charge on any atom is 0.238 e. The van der Waals surface area contributed by atoms with Gasteiger partial charge in [0.2, 0.25) is 5.88 Å². The van der Waals surface area contributed by atoms with E-state index in [1.807, 2.05) is 72.8 Å². The summed E-state index contributed by atoms with van der Waals surface area (Å²) in [4.78, 5) is 6.62. The predicted octanol–water partition coefficient (Wildman–Crippen LogP) is 6.79. The first-order valence-corrected chi connectivity index (χ1v) is 11.0. The number of hydrogen-bond donors (Lipinski definition) is 1. The zero-order valence-corrected chi connectivity index (χ0v) is 18.7. The molecule has 0 spiro atoms. The summed E-state index contributed by atoms with van der Waals surface area (Å²) in [5.41, 5.74) is 4.30. The molecule has 0 atom stereocenters. The zero-order valence-electron chi connectivity index (χ0n) is 18.7. The van der Waals surface area contributed by atoms with Gasteiger partial charge in [0.25, 0.3) is 0 Å². The molecule has 0 aliphatic carbocycles. The Morgan fingerprint density at radius 2 is 1.58 bits per heavy atom. The van der Waals surface area contributed by atoms with Crippen LogP contribution in [0.25, 0.3) is 22.5 Å². The minimum absolute atomic E-state index is 0.125. The number of aliphatic imine (C=N–C) groups is 1. The third kappa shape index (κ3) is 4.51. The number of phenolic OH excluding ortho intramolecular Hbond substituents is 1. The Hall–Kier alpha value is -4.30. The van der Waals surface area contributed by atoms with E-state index in [9.17, 15) is 10.4 Å². The van der Waals surface area contributed by atoms with Crippen molar-refractivity contribution in [3.63, 3.8) is 0 Å². The Kier molecular flexibility index (Phi) is 6.56. The van der Waals surface area contributed by atoms with Crippen LogP contribution in [0.4, 0.5) is 11.6 Å². The van der Waals surface area contributed by atoms with E-state index in [-0.39, 0.29) is 11.6 Å². The van der Waals surface area contributed by atoms with Crippen molar-refractivity contribution in [3.05, 3.63) is 90.0 Å². The molecule has 0 saturated carbocycles. The molecule has 0 aliphatic rings. The Morgan fingerprint density at radius 1 is 0.939 bits per heavy atom. The Labute approximate surface area is 193 Å². The lowest BCUT2D eigenvalue weighted by atomic mass is 9.98. The highest BCUT2D eigenvalue weighted by molar-refractivity contribution is 5.91. The van der Waals surface area contributed by atoms with Crippen molar-refractivity contribution in [2.45, 2.75) is 13.8 Å². The van der Waals surface area contributed by atoms with Crippen molar-refractivity contribution in [3.8, 4) is 34.3 Å². The first-order valence-electron chi connectivity index (χ1n) is 11.0. The maximum absolute atomic E-state index is 10.5. The first kappa shape index (κ1) is 21.9. The fourth-order valence-electron chi connectivity index (χ4n) is 3.84. The van der Waals surface area contributed by atoms with Gasteiger partial charge in [0.1, 0.15) is 23.1 Å². The minimum atomic E-state index is 0.125. The molecule has 4 aromatic rings. The Balaban J connectivity index is 1.79. The molecule has 4 rings (SSSR count). The Bertz CT molecular complexity index is 1300. The van der Waals surface area contributed by atoms with Crippen LogP contribution in [0.1, 0.15) is 25.0 Å². The van der Waals surface area contributed by atoms with Crippen LogP contribution in [-0.2, 0) is 0 Å². The van der Waals surface area contributed by atoms with Crippen LogP contribution >= 0.6 is 0 Å². The van der Waals surface area contributed by atoms with E-state index in [4.69, 9.17) is 4.42 Å². The molecular weight excluding hydrogens is 410 g/mol. The van der Waals surface area contributed by atoms with E-state index in [0.29, 0.717) is 22.5 Å². The molecule has 0 amide bonds. The highest BCUT2D eigenvalue weighted by Crippen LogP contribution is 2.42. The van der Waals surface area contributed by atoms with Crippen molar-refractivity contribution in [2.24, 2.45) is 4.99 Å². The number of anilines is 1. The number of furan rings is 1. The molecule has 0 unspecified atom stereocenters. The van der Waals surface area contributed by atoms with Crippen molar-refractivity contribution in [1.29, 1.82) is 5.26 Å². The minimum Gasteiger partial charge on any atom is -0.507 e. The molecule has 1 aromatic heterocycles. The van der Waals surface area contributed by atoms with Gasteiger partial charge in [-0.1, -0.05) is 60.7 Å². The lowest BCUT2D eigenvalue weighted by Gasteiger charge is -2.21. The van der Waals surface area contributed by atoms with Gasteiger partial charge in [0.15, 0.2) is 0 Å². The number of phenols is 1. The van der Waals surface area contributed by atoms with Crippen LogP contribution in [0.2, 0.25) is 0 Å². The second kappa shape index (κ2) is 9.88. The standard InChI is InChI=1S/C28H25N3O2/c1-3-31(4-2)23-16-15-22(25(32)17-23)19-30-28-24(18-29)26(20-11-7-5-8-12-20)27(33-28)21-13-9-6-10-14-21/h5-17,19,32H,3-4H2,1-2H3/b30-19+. The molecule has 3 aromatic carbocycles. The number of hydrogen-bond acceptors (Lipinski definition) is 5. The molecule has 0 radical (unpaired) electrons. The van der Waals surface area contributed by atoms with Gasteiger partial charge in [-0.2, -0.15) is 5.26 Å². The quantitative estimate of drug-likeness (QED) is 0.324. The number of nitriles is 1. The largest absolute Gasteiger partial charge is 0.507 e. The molecule has 0 saturated heterocycles. The first-order chi connectivity index (χ1) is 16.2. The Morgan fingerprint density at radius 3 is 2.15 bits per heavy atom. The smallest absolute Gasteiger partial charge is 0.238 e. The molecule has 0 fully saturated rings. The van der Waals surface area contributed by atoms with E-state index in [2.05, 4.69) is 29.8 Å². The highest BCUT2D eigenvalue weighted by atomic mass is 16.4. The summed E-state index contributed by atoms with van der Waals surface area (Å²) in [5, 5.41) is 20.5. The summed E-state index contributed by atoms with van der Waals surface area (Å²) < 4.78 is 6.13. The van der Waals surface area contributed by atoms with Gasteiger partial charge >= 0.3 is 0 Å². The zero-order chi connectivity index (χ0) is 23.2. The fraction of sp³-hybridized carbons (Fsp3) is 0.143. The van der Waals surface area contributed by atoms with Gasteiger partial charge in [0, 0.05) is 47.7 Å². The topological polar surface area (TPSA) is 72.8 Å². The molecule has 0 bridgehead atoms. The number of nitrogens with zero attached hydrogens (tertiary/aromatic N) is 3. The maximum atomic E-state index is 10.5. The molecule has 1 N–H and O–H groups in total. The highest BCUT2D eigenvalue weighted by Gasteiger charge is 2.22. The van der Waals surface area contributed by atoms with Crippen molar-refractivity contribution >= 4 is 17.8 Å². The van der Waals surface area contributed by atoms with Crippen molar-refractivity contribution < 1.29 is 9.52 Å². The third-order valence-corrected chi connectivity index (χ3v) is 5.56. The van der Waals surface area contributed by atoms with Gasteiger partial charge in [-0.05, 0) is 31.5 Å². The summed E-state index contributed by atoms with van der Waals surface area (Å²) in [6.45, 7) is 5.85. The van der Waals surface area contributed by atoms with Crippen LogP contribution < -0.4 is 4.90 Å². The normalized spacial score (nSPS) is 10.9. The lowest BCUT2D eigenvalue weighted by molar-refractivity contribution is 0.474. The summed E-state index contributed by atoms with van der Waals surface area (Å²) in [5.74, 6) is 0.925. The molecule has 1 heterocycles. The van der Waals surface area contributed by atoms with Crippen LogP contribution in [0.15, 0.2) is 88.3 Å². The summed E-state index contributed by atoms with van der Waals surface area (Å²) in [7, 11) is 0. The van der Waals surface area contributed by atoms with Gasteiger partial charge in [-0.15, -0.1) is 0 Å². The second-order valence-electron chi connectivity index (χ2n) is 7.50. The molecule has 33 heavy (non-hydrogen) atoms. The third-order valence-electron chi connectivity index (χ3n) is 5.56. The fourth-order valence-corrected chi connectivity index (χ4v) is 3.84.